The summed E-state index contributed by atoms with van der Waals surface area (Å²) in [5.74, 6) is 1.83. The van der Waals surface area contributed by atoms with Crippen molar-refractivity contribution in [1.29, 1.82) is 0 Å². The summed E-state index contributed by atoms with van der Waals surface area (Å²) in [5, 5.41) is 0. The quantitative estimate of drug-likeness (QED) is 0.610. The van der Waals surface area contributed by atoms with E-state index in [1.165, 1.54) is 11.1 Å². The molecule has 1 aromatic rings. The molecule has 0 aliphatic heterocycles. The SMILES string of the molecule is CC(=O)CCCCCc1cc(C)cc(OCC(C)C)c1. The Bertz CT molecular complexity index is 421. The number of ether oxygens (including phenoxy) is 1. The molecule has 1 rings (SSSR count). The highest BCUT2D eigenvalue weighted by Gasteiger charge is 2.02. The Morgan fingerprint density at radius 2 is 1.90 bits per heavy atom. The normalized spacial score (nSPS) is 10.8. The predicted octanol–water partition coefficient (Wildman–Crippen LogP) is 4.72. The molecule has 0 aliphatic rings. The molecule has 112 valence electrons. The van der Waals surface area contributed by atoms with E-state index in [4.69, 9.17) is 4.74 Å². The summed E-state index contributed by atoms with van der Waals surface area (Å²) in [6.45, 7) is 8.86. The molecule has 0 fully saturated rings. The molecular formula is C18H28O2. The third-order valence-electron chi connectivity index (χ3n) is 3.19. The van der Waals surface area contributed by atoms with Crippen LogP contribution in [0.5, 0.6) is 5.75 Å². The molecule has 0 heterocycles. The van der Waals surface area contributed by atoms with Crippen LogP contribution in [0.1, 0.15) is 57.6 Å². The molecule has 0 unspecified atom stereocenters. The summed E-state index contributed by atoms with van der Waals surface area (Å²) in [5.41, 5.74) is 2.59. The van der Waals surface area contributed by atoms with Crippen LogP contribution in [-0.4, -0.2) is 12.4 Å². The number of unbranched alkanes of at least 4 members (excludes halogenated alkanes) is 2. The molecule has 0 bridgehead atoms. The van der Waals surface area contributed by atoms with Gasteiger partial charge in [0.1, 0.15) is 11.5 Å². The lowest BCUT2D eigenvalue weighted by molar-refractivity contribution is -0.117. The van der Waals surface area contributed by atoms with Crippen molar-refractivity contribution in [2.24, 2.45) is 5.92 Å². The summed E-state index contributed by atoms with van der Waals surface area (Å²) in [7, 11) is 0. The van der Waals surface area contributed by atoms with Crippen molar-refractivity contribution in [3.63, 3.8) is 0 Å². The number of hydrogen-bond acceptors (Lipinski definition) is 2. The van der Waals surface area contributed by atoms with Gasteiger partial charge in [0.15, 0.2) is 0 Å². The smallest absolute Gasteiger partial charge is 0.129 e. The van der Waals surface area contributed by atoms with Crippen LogP contribution in [0.25, 0.3) is 0 Å². The lowest BCUT2D eigenvalue weighted by Crippen LogP contribution is -2.05. The lowest BCUT2D eigenvalue weighted by atomic mass is 10.0. The fourth-order valence-corrected chi connectivity index (χ4v) is 2.19. The monoisotopic (exact) mass is 276 g/mol. The lowest BCUT2D eigenvalue weighted by Gasteiger charge is -2.11. The first kappa shape index (κ1) is 16.7. The fourth-order valence-electron chi connectivity index (χ4n) is 2.19. The molecule has 0 saturated carbocycles. The molecule has 2 heteroatoms. The number of Topliss-reactive ketones (excluding diaryl/α,β-unsaturated/α-hetero) is 1. The first-order chi connectivity index (χ1) is 9.47. The first-order valence-electron chi connectivity index (χ1n) is 7.70. The summed E-state index contributed by atoms with van der Waals surface area (Å²) >= 11 is 0. The molecule has 1 aromatic carbocycles. The van der Waals surface area contributed by atoms with Gasteiger partial charge >= 0.3 is 0 Å². The van der Waals surface area contributed by atoms with Gasteiger partial charge in [-0.15, -0.1) is 0 Å². The third-order valence-corrected chi connectivity index (χ3v) is 3.19. The van der Waals surface area contributed by atoms with Gasteiger partial charge in [-0.1, -0.05) is 26.3 Å². The second-order valence-electron chi connectivity index (χ2n) is 6.12. The van der Waals surface area contributed by atoms with E-state index in [1.54, 1.807) is 6.92 Å². The van der Waals surface area contributed by atoms with Crippen molar-refractivity contribution in [1.82, 2.24) is 0 Å². The summed E-state index contributed by atoms with van der Waals surface area (Å²) in [6.07, 6.45) is 5.06. The summed E-state index contributed by atoms with van der Waals surface area (Å²) < 4.78 is 5.80. The van der Waals surface area contributed by atoms with Gasteiger partial charge in [0, 0.05) is 6.42 Å². The zero-order valence-electron chi connectivity index (χ0n) is 13.4. The van der Waals surface area contributed by atoms with Gasteiger partial charge in [0.25, 0.3) is 0 Å². The zero-order chi connectivity index (χ0) is 15.0. The van der Waals surface area contributed by atoms with Crippen molar-refractivity contribution in [3.05, 3.63) is 29.3 Å². The highest BCUT2D eigenvalue weighted by Crippen LogP contribution is 2.19. The molecule has 0 radical (unpaired) electrons. The minimum absolute atomic E-state index is 0.296. The molecule has 20 heavy (non-hydrogen) atoms. The van der Waals surface area contributed by atoms with Crippen LogP contribution in [0, 0.1) is 12.8 Å². The van der Waals surface area contributed by atoms with Crippen molar-refractivity contribution in [2.75, 3.05) is 6.61 Å². The van der Waals surface area contributed by atoms with E-state index in [-0.39, 0.29) is 0 Å². The number of hydrogen-bond donors (Lipinski definition) is 0. The van der Waals surface area contributed by atoms with E-state index in [0.717, 1.165) is 44.5 Å². The number of benzene rings is 1. The number of aryl methyl sites for hydroxylation is 2. The number of rotatable bonds is 9. The minimum atomic E-state index is 0.296. The maximum Gasteiger partial charge on any atom is 0.129 e. The van der Waals surface area contributed by atoms with Crippen molar-refractivity contribution >= 4 is 5.78 Å². The Labute approximate surface area is 123 Å². The highest BCUT2D eigenvalue weighted by molar-refractivity contribution is 5.75. The minimum Gasteiger partial charge on any atom is -0.493 e. The van der Waals surface area contributed by atoms with Crippen LogP contribution in [-0.2, 0) is 11.2 Å². The summed E-state index contributed by atoms with van der Waals surface area (Å²) in [6, 6.07) is 6.48. The van der Waals surface area contributed by atoms with Crippen LogP contribution in [0.4, 0.5) is 0 Å². The Morgan fingerprint density at radius 3 is 2.55 bits per heavy atom. The highest BCUT2D eigenvalue weighted by atomic mass is 16.5. The predicted molar refractivity (Wildman–Crippen MR) is 84.4 cm³/mol. The fraction of sp³-hybridized carbons (Fsp3) is 0.611. The van der Waals surface area contributed by atoms with E-state index in [1.807, 2.05) is 0 Å². The van der Waals surface area contributed by atoms with E-state index < -0.39 is 0 Å². The molecular weight excluding hydrogens is 248 g/mol. The topological polar surface area (TPSA) is 26.3 Å². The van der Waals surface area contributed by atoms with Gasteiger partial charge in [-0.05, 0) is 62.3 Å². The standard InChI is InChI=1S/C18H28O2/c1-14(2)13-20-18-11-15(3)10-17(12-18)9-7-5-6-8-16(4)19/h10-12,14H,5-9,13H2,1-4H3. The molecule has 0 aliphatic carbocycles. The van der Waals surface area contributed by atoms with E-state index in [2.05, 4.69) is 39.0 Å². The van der Waals surface area contributed by atoms with Crippen molar-refractivity contribution in [3.8, 4) is 5.75 Å². The maximum atomic E-state index is 10.9. The second-order valence-corrected chi connectivity index (χ2v) is 6.12. The number of ketones is 1. The third kappa shape index (κ3) is 7.32. The number of carbonyl (C=O) groups is 1. The molecule has 2 nitrogen and oxygen atoms in total. The van der Waals surface area contributed by atoms with Gasteiger partial charge in [0.2, 0.25) is 0 Å². The van der Waals surface area contributed by atoms with Gasteiger partial charge in [0.05, 0.1) is 6.61 Å². The van der Waals surface area contributed by atoms with Crippen LogP contribution in [0.2, 0.25) is 0 Å². The zero-order valence-corrected chi connectivity index (χ0v) is 13.4. The molecule has 0 spiro atoms. The Morgan fingerprint density at radius 1 is 1.15 bits per heavy atom. The van der Waals surface area contributed by atoms with Crippen LogP contribution >= 0.6 is 0 Å². The molecule has 0 atom stereocenters. The van der Waals surface area contributed by atoms with Gasteiger partial charge < -0.3 is 9.53 Å². The average Bonchev–Trinajstić information content (AvgIpc) is 2.35. The van der Waals surface area contributed by atoms with E-state index >= 15 is 0 Å². The van der Waals surface area contributed by atoms with Crippen LogP contribution < -0.4 is 4.74 Å². The first-order valence-corrected chi connectivity index (χ1v) is 7.70. The number of carbonyl (C=O) groups excluding carboxylic acids is 1. The summed E-state index contributed by atoms with van der Waals surface area (Å²) in [4.78, 5) is 10.9. The largest absolute Gasteiger partial charge is 0.493 e. The second kappa shape index (κ2) is 8.78. The Kier molecular flexibility index (Phi) is 7.35. The van der Waals surface area contributed by atoms with Crippen LogP contribution in [0.3, 0.4) is 0 Å². The van der Waals surface area contributed by atoms with E-state index in [0.29, 0.717) is 11.7 Å². The maximum absolute atomic E-state index is 10.9. The van der Waals surface area contributed by atoms with E-state index in [9.17, 15) is 4.79 Å². The van der Waals surface area contributed by atoms with Gasteiger partial charge in [-0.2, -0.15) is 0 Å². The Balaban J connectivity index is 2.42. The van der Waals surface area contributed by atoms with Gasteiger partial charge in [-0.25, -0.2) is 0 Å². The van der Waals surface area contributed by atoms with Crippen molar-refractivity contribution < 1.29 is 9.53 Å². The molecule has 0 amide bonds. The molecule has 0 N–H and O–H groups in total. The molecule has 0 aromatic heterocycles. The van der Waals surface area contributed by atoms with Crippen LogP contribution in [0.15, 0.2) is 18.2 Å². The Hall–Kier alpha value is -1.31. The average molecular weight is 276 g/mol. The van der Waals surface area contributed by atoms with Gasteiger partial charge in [-0.3, -0.25) is 0 Å². The molecule has 0 saturated heterocycles. The van der Waals surface area contributed by atoms with Crippen molar-refractivity contribution in [2.45, 2.75) is 59.8 Å².